The van der Waals surface area contributed by atoms with Gasteiger partial charge in [0, 0.05) is 11.8 Å². The van der Waals surface area contributed by atoms with Crippen LogP contribution < -0.4 is 5.73 Å². The Balaban J connectivity index is 1.94. The van der Waals surface area contributed by atoms with Gasteiger partial charge in [0.25, 0.3) is 0 Å². The second kappa shape index (κ2) is 4.28. The maximum Gasteiger partial charge on any atom is 0.235 e. The summed E-state index contributed by atoms with van der Waals surface area (Å²) in [7, 11) is 0. The summed E-state index contributed by atoms with van der Waals surface area (Å²) >= 11 is 0. The van der Waals surface area contributed by atoms with Gasteiger partial charge in [-0.05, 0) is 30.3 Å². The molecule has 0 amide bonds. The van der Waals surface area contributed by atoms with Gasteiger partial charge in [0.15, 0.2) is 0 Å². The molecule has 21 heavy (non-hydrogen) atoms. The first-order chi connectivity index (χ1) is 10.2. The van der Waals surface area contributed by atoms with Gasteiger partial charge >= 0.3 is 0 Å². The van der Waals surface area contributed by atoms with Crippen LogP contribution in [-0.4, -0.2) is 14.4 Å². The standard InChI is InChI=1S/C16H11FN4/c17-11-9-10(5-6-12(11)18)13-7-8-21-15-4-2-1-3-14(15)20-16(21)19-13/h1-9H,18H2. The maximum atomic E-state index is 13.6. The zero-order valence-corrected chi connectivity index (χ0v) is 11.0. The molecule has 5 heteroatoms. The number of aromatic nitrogens is 3. The molecule has 2 N–H and O–H groups in total. The van der Waals surface area contributed by atoms with E-state index >= 15 is 0 Å². The van der Waals surface area contributed by atoms with Crippen LogP contribution in [0.2, 0.25) is 0 Å². The predicted octanol–water partition coefficient (Wildman–Crippen LogP) is 3.27. The summed E-state index contributed by atoms with van der Waals surface area (Å²) in [4.78, 5) is 8.97. The van der Waals surface area contributed by atoms with Crippen molar-refractivity contribution in [1.29, 1.82) is 0 Å². The zero-order valence-electron chi connectivity index (χ0n) is 11.0. The monoisotopic (exact) mass is 278 g/mol. The van der Waals surface area contributed by atoms with E-state index in [1.165, 1.54) is 6.07 Å². The Morgan fingerprint density at radius 2 is 1.86 bits per heavy atom. The summed E-state index contributed by atoms with van der Waals surface area (Å²) in [5, 5.41) is 0. The van der Waals surface area contributed by atoms with Gasteiger partial charge in [-0.15, -0.1) is 0 Å². The first-order valence-electron chi connectivity index (χ1n) is 6.51. The minimum atomic E-state index is -0.442. The number of benzene rings is 2. The zero-order chi connectivity index (χ0) is 14.4. The van der Waals surface area contributed by atoms with Crippen LogP contribution in [0, 0.1) is 5.82 Å². The molecule has 0 aliphatic heterocycles. The number of hydrogen-bond donors (Lipinski definition) is 1. The Kier molecular flexibility index (Phi) is 2.41. The number of hydrogen-bond acceptors (Lipinski definition) is 3. The molecular weight excluding hydrogens is 267 g/mol. The second-order valence-corrected chi connectivity index (χ2v) is 4.82. The third kappa shape index (κ3) is 1.82. The van der Waals surface area contributed by atoms with Gasteiger partial charge in [0.05, 0.1) is 22.4 Å². The average molecular weight is 278 g/mol. The van der Waals surface area contributed by atoms with Crippen LogP contribution in [0.15, 0.2) is 54.7 Å². The molecule has 4 aromatic rings. The summed E-state index contributed by atoms with van der Waals surface area (Å²) in [6, 6.07) is 14.3. The summed E-state index contributed by atoms with van der Waals surface area (Å²) in [6.07, 6.45) is 1.89. The van der Waals surface area contributed by atoms with Crippen molar-refractivity contribution in [3.8, 4) is 11.3 Å². The second-order valence-electron chi connectivity index (χ2n) is 4.82. The van der Waals surface area contributed by atoms with Crippen molar-refractivity contribution in [3.63, 3.8) is 0 Å². The van der Waals surface area contributed by atoms with Crippen molar-refractivity contribution in [2.45, 2.75) is 0 Å². The molecule has 0 saturated carbocycles. The molecule has 102 valence electrons. The molecule has 0 aliphatic rings. The minimum Gasteiger partial charge on any atom is -0.396 e. The molecule has 2 aromatic heterocycles. The Labute approximate surface area is 119 Å². The molecule has 0 saturated heterocycles. The van der Waals surface area contributed by atoms with E-state index < -0.39 is 5.82 Å². The highest BCUT2D eigenvalue weighted by molar-refractivity contribution is 5.80. The normalized spacial score (nSPS) is 11.3. The van der Waals surface area contributed by atoms with Crippen LogP contribution >= 0.6 is 0 Å². The number of imidazole rings is 1. The smallest absolute Gasteiger partial charge is 0.235 e. The minimum absolute atomic E-state index is 0.131. The van der Waals surface area contributed by atoms with E-state index in [1.807, 2.05) is 40.9 Å². The molecule has 4 rings (SSSR count). The Bertz CT molecular complexity index is 975. The molecule has 2 heterocycles. The van der Waals surface area contributed by atoms with E-state index in [9.17, 15) is 4.39 Å². The van der Waals surface area contributed by atoms with Crippen LogP contribution in [-0.2, 0) is 0 Å². The molecule has 0 unspecified atom stereocenters. The fraction of sp³-hybridized carbons (Fsp3) is 0. The average Bonchev–Trinajstić information content (AvgIpc) is 2.87. The van der Waals surface area contributed by atoms with Crippen molar-refractivity contribution < 1.29 is 4.39 Å². The molecule has 0 radical (unpaired) electrons. The largest absolute Gasteiger partial charge is 0.396 e. The van der Waals surface area contributed by atoms with Crippen LogP contribution in [0.25, 0.3) is 28.1 Å². The van der Waals surface area contributed by atoms with Crippen LogP contribution in [0.3, 0.4) is 0 Å². The lowest BCUT2D eigenvalue weighted by Crippen LogP contribution is -1.94. The number of nitrogens with zero attached hydrogens (tertiary/aromatic N) is 3. The molecule has 0 fully saturated rings. The first-order valence-corrected chi connectivity index (χ1v) is 6.51. The van der Waals surface area contributed by atoms with Crippen LogP contribution in [0.1, 0.15) is 0 Å². The van der Waals surface area contributed by atoms with Crippen LogP contribution in [0.4, 0.5) is 10.1 Å². The van der Waals surface area contributed by atoms with Gasteiger partial charge in [0.2, 0.25) is 5.78 Å². The number of nitrogen functional groups attached to an aromatic ring is 1. The third-order valence-electron chi connectivity index (χ3n) is 3.48. The van der Waals surface area contributed by atoms with Crippen molar-refractivity contribution in [2.24, 2.45) is 0 Å². The van der Waals surface area contributed by atoms with Gasteiger partial charge in [-0.25, -0.2) is 14.4 Å². The SMILES string of the molecule is Nc1ccc(-c2ccn3c(n2)nc2ccccc23)cc1F. The maximum absolute atomic E-state index is 13.6. The number of fused-ring (bicyclic) bond motifs is 3. The summed E-state index contributed by atoms with van der Waals surface area (Å²) in [6.45, 7) is 0. The summed E-state index contributed by atoms with van der Waals surface area (Å²) < 4.78 is 15.5. The molecule has 4 nitrogen and oxygen atoms in total. The number of anilines is 1. The number of nitrogens with two attached hydrogens (primary N) is 1. The molecule has 0 atom stereocenters. The lowest BCUT2D eigenvalue weighted by Gasteiger charge is -2.03. The van der Waals surface area contributed by atoms with Gasteiger partial charge in [-0.2, -0.15) is 0 Å². The van der Waals surface area contributed by atoms with Gasteiger partial charge in [-0.3, -0.25) is 4.40 Å². The van der Waals surface area contributed by atoms with Crippen molar-refractivity contribution >= 4 is 22.5 Å². The lowest BCUT2D eigenvalue weighted by atomic mass is 10.1. The van der Waals surface area contributed by atoms with Crippen molar-refractivity contribution in [2.75, 3.05) is 5.73 Å². The van der Waals surface area contributed by atoms with Gasteiger partial charge in [-0.1, -0.05) is 18.2 Å². The van der Waals surface area contributed by atoms with Crippen molar-refractivity contribution in [3.05, 3.63) is 60.5 Å². The number of halogens is 1. The highest BCUT2D eigenvalue weighted by Crippen LogP contribution is 2.23. The quantitative estimate of drug-likeness (QED) is 0.544. The van der Waals surface area contributed by atoms with E-state index in [-0.39, 0.29) is 5.69 Å². The Hall–Kier alpha value is -2.95. The molecule has 0 spiro atoms. The first kappa shape index (κ1) is 11.8. The lowest BCUT2D eigenvalue weighted by molar-refractivity contribution is 0.633. The fourth-order valence-electron chi connectivity index (χ4n) is 2.39. The van der Waals surface area contributed by atoms with Gasteiger partial charge < -0.3 is 5.73 Å². The summed E-state index contributed by atoms with van der Waals surface area (Å²) in [5.41, 5.74) is 8.84. The molecule has 0 aliphatic carbocycles. The Morgan fingerprint density at radius 3 is 2.71 bits per heavy atom. The number of rotatable bonds is 1. The highest BCUT2D eigenvalue weighted by Gasteiger charge is 2.08. The molecular formula is C16H11FN4. The fourth-order valence-corrected chi connectivity index (χ4v) is 2.39. The van der Waals surface area contributed by atoms with E-state index in [0.29, 0.717) is 17.0 Å². The van der Waals surface area contributed by atoms with E-state index in [4.69, 9.17) is 5.73 Å². The predicted molar refractivity (Wildman–Crippen MR) is 80.3 cm³/mol. The third-order valence-corrected chi connectivity index (χ3v) is 3.48. The van der Waals surface area contributed by atoms with Crippen molar-refractivity contribution in [1.82, 2.24) is 14.4 Å². The summed E-state index contributed by atoms with van der Waals surface area (Å²) in [5.74, 6) is 0.147. The molecule has 0 bridgehead atoms. The van der Waals surface area contributed by atoms with Crippen LogP contribution in [0.5, 0.6) is 0 Å². The van der Waals surface area contributed by atoms with E-state index in [1.54, 1.807) is 12.1 Å². The van der Waals surface area contributed by atoms with Gasteiger partial charge in [0.1, 0.15) is 5.82 Å². The topological polar surface area (TPSA) is 56.2 Å². The van der Waals surface area contributed by atoms with E-state index in [0.717, 1.165) is 11.0 Å². The highest BCUT2D eigenvalue weighted by atomic mass is 19.1. The number of para-hydroxylation sites is 2. The van der Waals surface area contributed by atoms with E-state index in [2.05, 4.69) is 9.97 Å². The Morgan fingerprint density at radius 1 is 1.00 bits per heavy atom. The molecule has 2 aromatic carbocycles.